The first-order valence-electron chi connectivity index (χ1n) is 5.55. The summed E-state index contributed by atoms with van der Waals surface area (Å²) in [5.74, 6) is -1.20. The highest BCUT2D eigenvalue weighted by molar-refractivity contribution is 5.80. The van der Waals surface area contributed by atoms with Crippen LogP contribution in [0.15, 0.2) is 30.3 Å². The number of halogens is 2. The van der Waals surface area contributed by atoms with Crippen LogP contribution >= 0.6 is 0 Å². The average molecular weight is 246 g/mol. The molecule has 0 bridgehead atoms. The molecule has 2 rings (SSSR count). The van der Waals surface area contributed by atoms with E-state index in [0.717, 1.165) is 5.56 Å². The fraction of sp³-hybridized carbons (Fsp3) is 0.133. The lowest BCUT2D eigenvalue weighted by Crippen LogP contribution is -1.96. The number of hydrogen-bond acceptors (Lipinski definition) is 1. The van der Waals surface area contributed by atoms with Gasteiger partial charge in [0.2, 0.25) is 0 Å². The summed E-state index contributed by atoms with van der Waals surface area (Å²) in [6.07, 6.45) is 0.661. The lowest BCUT2D eigenvalue weighted by molar-refractivity contribution is 0.112. The maximum absolute atomic E-state index is 14.0. The maximum Gasteiger partial charge on any atom is 0.150 e. The zero-order valence-corrected chi connectivity index (χ0v) is 10.1. The molecule has 3 heteroatoms. The fourth-order valence-corrected chi connectivity index (χ4v) is 1.89. The molecule has 2 aromatic rings. The summed E-state index contributed by atoms with van der Waals surface area (Å²) in [5, 5.41) is 0. The third-order valence-corrected chi connectivity index (χ3v) is 2.95. The van der Waals surface area contributed by atoms with Crippen molar-refractivity contribution in [3.8, 4) is 11.1 Å². The summed E-state index contributed by atoms with van der Waals surface area (Å²) in [6.45, 7) is 3.34. The Morgan fingerprint density at radius 2 is 1.67 bits per heavy atom. The Labute approximate surface area is 104 Å². The van der Waals surface area contributed by atoms with Gasteiger partial charge in [-0.25, -0.2) is 8.78 Å². The predicted molar refractivity (Wildman–Crippen MR) is 66.7 cm³/mol. The number of benzene rings is 2. The van der Waals surface area contributed by atoms with Crippen LogP contribution in [0.25, 0.3) is 11.1 Å². The molecule has 0 aliphatic rings. The van der Waals surface area contributed by atoms with E-state index < -0.39 is 11.6 Å². The summed E-state index contributed by atoms with van der Waals surface area (Å²) in [6, 6.07) is 7.44. The van der Waals surface area contributed by atoms with Crippen molar-refractivity contribution in [1.82, 2.24) is 0 Å². The number of aryl methyl sites for hydroxylation is 2. The molecule has 0 radical (unpaired) electrons. The molecule has 0 atom stereocenters. The summed E-state index contributed by atoms with van der Waals surface area (Å²) in [5.41, 5.74) is 1.84. The molecule has 0 aliphatic heterocycles. The van der Waals surface area contributed by atoms with Crippen molar-refractivity contribution in [1.29, 1.82) is 0 Å². The molecule has 0 heterocycles. The van der Waals surface area contributed by atoms with Gasteiger partial charge in [0.25, 0.3) is 0 Å². The van der Waals surface area contributed by atoms with Gasteiger partial charge in [0.15, 0.2) is 0 Å². The number of hydrogen-bond donors (Lipinski definition) is 0. The standard InChI is InChI=1S/C15H12F2O/c1-9-3-5-11(8-18)7-12(9)14-13(16)6-4-10(2)15(14)17/h3-8H,1-2H3. The van der Waals surface area contributed by atoms with Gasteiger partial charge >= 0.3 is 0 Å². The van der Waals surface area contributed by atoms with Gasteiger partial charge in [-0.05, 0) is 42.7 Å². The predicted octanol–water partition coefficient (Wildman–Crippen LogP) is 4.06. The van der Waals surface area contributed by atoms with E-state index in [1.165, 1.54) is 18.2 Å². The first-order valence-corrected chi connectivity index (χ1v) is 5.55. The average Bonchev–Trinajstić information content (AvgIpc) is 2.36. The van der Waals surface area contributed by atoms with E-state index in [9.17, 15) is 13.6 Å². The van der Waals surface area contributed by atoms with Gasteiger partial charge in [0, 0.05) is 5.56 Å². The Kier molecular flexibility index (Phi) is 3.24. The van der Waals surface area contributed by atoms with E-state index in [4.69, 9.17) is 0 Å². The van der Waals surface area contributed by atoms with Gasteiger partial charge in [-0.1, -0.05) is 18.2 Å². The monoisotopic (exact) mass is 246 g/mol. The van der Waals surface area contributed by atoms with Gasteiger partial charge in [0.1, 0.15) is 17.9 Å². The first-order chi connectivity index (χ1) is 8.54. The summed E-state index contributed by atoms with van der Waals surface area (Å²) in [7, 11) is 0. The van der Waals surface area contributed by atoms with Crippen molar-refractivity contribution in [3.05, 3.63) is 58.7 Å². The van der Waals surface area contributed by atoms with Gasteiger partial charge in [0.05, 0.1) is 5.56 Å². The molecule has 0 fully saturated rings. The van der Waals surface area contributed by atoms with Gasteiger partial charge in [-0.2, -0.15) is 0 Å². The van der Waals surface area contributed by atoms with Gasteiger partial charge in [-0.15, -0.1) is 0 Å². The minimum atomic E-state index is -0.621. The molecule has 0 unspecified atom stereocenters. The zero-order chi connectivity index (χ0) is 13.3. The maximum atomic E-state index is 14.0. The molecular formula is C15H12F2O. The van der Waals surface area contributed by atoms with Crippen LogP contribution in [0, 0.1) is 25.5 Å². The Balaban J connectivity index is 2.76. The summed E-state index contributed by atoms with van der Waals surface area (Å²) < 4.78 is 27.8. The second kappa shape index (κ2) is 4.69. The van der Waals surface area contributed by atoms with E-state index in [1.807, 2.05) is 0 Å². The van der Waals surface area contributed by atoms with E-state index in [-0.39, 0.29) is 5.56 Å². The Bertz CT molecular complexity index is 618. The first kappa shape index (κ1) is 12.4. The lowest BCUT2D eigenvalue weighted by Gasteiger charge is -2.11. The molecule has 0 amide bonds. The summed E-state index contributed by atoms with van der Waals surface area (Å²) in [4.78, 5) is 10.8. The van der Waals surface area contributed by atoms with Crippen LogP contribution in [0.2, 0.25) is 0 Å². The zero-order valence-electron chi connectivity index (χ0n) is 10.1. The molecule has 0 aromatic heterocycles. The van der Waals surface area contributed by atoms with Crippen LogP contribution in [0.4, 0.5) is 8.78 Å². The number of carbonyl (C=O) groups excluding carboxylic acids is 1. The normalized spacial score (nSPS) is 10.4. The number of rotatable bonds is 2. The van der Waals surface area contributed by atoms with Crippen molar-refractivity contribution in [2.45, 2.75) is 13.8 Å². The minimum Gasteiger partial charge on any atom is -0.298 e. The largest absolute Gasteiger partial charge is 0.298 e. The molecule has 92 valence electrons. The quantitative estimate of drug-likeness (QED) is 0.730. The van der Waals surface area contributed by atoms with Crippen LogP contribution in [0.1, 0.15) is 21.5 Å². The number of carbonyl (C=O) groups is 1. The second-order valence-corrected chi connectivity index (χ2v) is 4.25. The Morgan fingerprint density at radius 3 is 2.33 bits per heavy atom. The molecule has 0 saturated heterocycles. The molecule has 1 nitrogen and oxygen atoms in total. The van der Waals surface area contributed by atoms with Gasteiger partial charge in [-0.3, -0.25) is 4.79 Å². The van der Waals surface area contributed by atoms with Crippen LogP contribution < -0.4 is 0 Å². The van der Waals surface area contributed by atoms with Crippen LogP contribution in [0.3, 0.4) is 0 Å². The third-order valence-electron chi connectivity index (χ3n) is 2.95. The van der Waals surface area contributed by atoms with E-state index in [2.05, 4.69) is 0 Å². The van der Waals surface area contributed by atoms with E-state index in [1.54, 1.807) is 26.0 Å². The molecule has 0 aliphatic carbocycles. The van der Waals surface area contributed by atoms with Crippen molar-refractivity contribution in [2.24, 2.45) is 0 Å². The number of aldehydes is 1. The highest BCUT2D eigenvalue weighted by atomic mass is 19.1. The van der Waals surface area contributed by atoms with Gasteiger partial charge < -0.3 is 0 Å². The van der Waals surface area contributed by atoms with Crippen molar-refractivity contribution in [3.63, 3.8) is 0 Å². The fourth-order valence-electron chi connectivity index (χ4n) is 1.89. The SMILES string of the molecule is Cc1ccc(C=O)cc1-c1c(F)ccc(C)c1F. The summed E-state index contributed by atoms with van der Waals surface area (Å²) >= 11 is 0. The van der Waals surface area contributed by atoms with Crippen molar-refractivity contribution < 1.29 is 13.6 Å². The van der Waals surface area contributed by atoms with E-state index >= 15 is 0 Å². The third kappa shape index (κ3) is 2.04. The molecule has 2 aromatic carbocycles. The van der Waals surface area contributed by atoms with E-state index in [0.29, 0.717) is 23.0 Å². The Hall–Kier alpha value is -2.03. The van der Waals surface area contributed by atoms with Crippen LogP contribution in [0.5, 0.6) is 0 Å². The van der Waals surface area contributed by atoms with Crippen molar-refractivity contribution >= 4 is 6.29 Å². The highest BCUT2D eigenvalue weighted by Crippen LogP contribution is 2.30. The Morgan fingerprint density at radius 1 is 1.00 bits per heavy atom. The lowest BCUT2D eigenvalue weighted by atomic mass is 9.96. The van der Waals surface area contributed by atoms with Crippen LogP contribution in [-0.2, 0) is 0 Å². The molecule has 18 heavy (non-hydrogen) atoms. The molecule has 0 N–H and O–H groups in total. The topological polar surface area (TPSA) is 17.1 Å². The molecular weight excluding hydrogens is 234 g/mol. The molecule has 0 saturated carbocycles. The minimum absolute atomic E-state index is 0.0730. The smallest absolute Gasteiger partial charge is 0.150 e. The highest BCUT2D eigenvalue weighted by Gasteiger charge is 2.15. The van der Waals surface area contributed by atoms with Crippen molar-refractivity contribution in [2.75, 3.05) is 0 Å². The van der Waals surface area contributed by atoms with Crippen LogP contribution in [-0.4, -0.2) is 6.29 Å². The molecule has 0 spiro atoms. The second-order valence-electron chi connectivity index (χ2n) is 4.25.